The zero-order valence-corrected chi connectivity index (χ0v) is 11.5. The molecule has 1 N–H and O–H groups in total. The maximum Gasteiger partial charge on any atom is 0.213 e. The van der Waals surface area contributed by atoms with Crippen LogP contribution in [0.3, 0.4) is 0 Å². The lowest BCUT2D eigenvalue weighted by atomic mass is 10.2. The molecule has 1 aliphatic rings. The molecule has 2 rings (SSSR count). The van der Waals surface area contributed by atoms with Crippen LogP contribution in [0.1, 0.15) is 25.5 Å². The Bertz CT molecular complexity index is 379. The third-order valence-electron chi connectivity index (χ3n) is 3.55. The average molecular weight is 249 g/mol. The Kier molecular flexibility index (Phi) is 4.55. The fraction of sp³-hybridized carbons (Fsp3) is 0.643. The van der Waals surface area contributed by atoms with Crippen molar-refractivity contribution in [2.75, 3.05) is 20.7 Å². The minimum absolute atomic E-state index is 0.572. The standard InChI is InChI=1S/C14H23N3O/c1-11(17(2)13-7-8-13)9-15-10-12-5-4-6-14(16-12)18-3/h4-6,11,13,15H,7-10H2,1-3H3. The molecule has 1 aromatic heterocycles. The number of ether oxygens (including phenoxy) is 1. The number of hydrogen-bond acceptors (Lipinski definition) is 4. The van der Waals surface area contributed by atoms with Gasteiger partial charge in [0.25, 0.3) is 0 Å². The summed E-state index contributed by atoms with van der Waals surface area (Å²) in [6.07, 6.45) is 2.72. The number of nitrogens with one attached hydrogen (secondary N) is 1. The zero-order valence-electron chi connectivity index (χ0n) is 11.5. The van der Waals surface area contributed by atoms with Gasteiger partial charge in [0, 0.05) is 31.2 Å². The molecular formula is C14H23N3O. The van der Waals surface area contributed by atoms with Crippen molar-refractivity contribution in [2.24, 2.45) is 0 Å². The quantitative estimate of drug-likeness (QED) is 0.797. The number of likely N-dealkylation sites (N-methyl/N-ethyl adjacent to an activating group) is 1. The predicted octanol–water partition coefficient (Wildman–Crippen LogP) is 1.66. The first kappa shape index (κ1) is 13.3. The van der Waals surface area contributed by atoms with E-state index >= 15 is 0 Å². The van der Waals surface area contributed by atoms with Crippen LogP contribution in [0.4, 0.5) is 0 Å². The molecule has 4 nitrogen and oxygen atoms in total. The normalized spacial score (nSPS) is 16.9. The second-order valence-electron chi connectivity index (χ2n) is 5.05. The van der Waals surface area contributed by atoms with E-state index in [0.717, 1.165) is 24.8 Å². The molecule has 18 heavy (non-hydrogen) atoms. The van der Waals surface area contributed by atoms with Crippen molar-refractivity contribution in [2.45, 2.75) is 38.4 Å². The van der Waals surface area contributed by atoms with Crippen LogP contribution in [0.15, 0.2) is 18.2 Å². The van der Waals surface area contributed by atoms with Crippen LogP contribution in [0.25, 0.3) is 0 Å². The molecule has 1 heterocycles. The maximum absolute atomic E-state index is 5.11. The second kappa shape index (κ2) is 6.16. The van der Waals surface area contributed by atoms with Crippen molar-refractivity contribution in [3.63, 3.8) is 0 Å². The van der Waals surface area contributed by atoms with Gasteiger partial charge in [-0.05, 0) is 32.9 Å². The van der Waals surface area contributed by atoms with E-state index < -0.39 is 0 Å². The van der Waals surface area contributed by atoms with Gasteiger partial charge >= 0.3 is 0 Å². The highest BCUT2D eigenvalue weighted by Crippen LogP contribution is 2.26. The van der Waals surface area contributed by atoms with Crippen LogP contribution in [0.2, 0.25) is 0 Å². The highest BCUT2D eigenvalue weighted by Gasteiger charge is 2.28. The minimum Gasteiger partial charge on any atom is -0.481 e. The summed E-state index contributed by atoms with van der Waals surface area (Å²) in [6.45, 7) is 4.05. The minimum atomic E-state index is 0.572. The molecule has 1 aliphatic carbocycles. The van der Waals surface area contributed by atoms with Gasteiger partial charge in [-0.15, -0.1) is 0 Å². The number of aromatic nitrogens is 1. The van der Waals surface area contributed by atoms with Gasteiger partial charge < -0.3 is 10.1 Å². The van der Waals surface area contributed by atoms with E-state index in [0.29, 0.717) is 11.9 Å². The lowest BCUT2D eigenvalue weighted by molar-refractivity contribution is 0.240. The van der Waals surface area contributed by atoms with Crippen molar-refractivity contribution in [3.8, 4) is 5.88 Å². The van der Waals surface area contributed by atoms with Crippen molar-refractivity contribution in [1.82, 2.24) is 15.2 Å². The van der Waals surface area contributed by atoms with Crippen LogP contribution in [0, 0.1) is 0 Å². The third-order valence-corrected chi connectivity index (χ3v) is 3.55. The Morgan fingerprint density at radius 3 is 2.94 bits per heavy atom. The largest absolute Gasteiger partial charge is 0.481 e. The molecule has 0 amide bonds. The smallest absolute Gasteiger partial charge is 0.213 e. The molecule has 100 valence electrons. The molecule has 0 bridgehead atoms. The molecular weight excluding hydrogens is 226 g/mol. The SMILES string of the molecule is COc1cccc(CNCC(C)N(C)C2CC2)n1. The first-order valence-corrected chi connectivity index (χ1v) is 6.63. The Labute approximate surface area is 109 Å². The van der Waals surface area contributed by atoms with Crippen molar-refractivity contribution in [3.05, 3.63) is 23.9 Å². The van der Waals surface area contributed by atoms with Gasteiger partial charge in [-0.1, -0.05) is 6.07 Å². The molecule has 4 heteroatoms. The number of hydrogen-bond donors (Lipinski definition) is 1. The van der Waals surface area contributed by atoms with Gasteiger partial charge in [0.2, 0.25) is 5.88 Å². The van der Waals surface area contributed by atoms with Crippen LogP contribution in [-0.4, -0.2) is 42.7 Å². The summed E-state index contributed by atoms with van der Waals surface area (Å²) in [6, 6.07) is 7.25. The monoisotopic (exact) mass is 249 g/mol. The van der Waals surface area contributed by atoms with Crippen LogP contribution in [0.5, 0.6) is 5.88 Å². The fourth-order valence-corrected chi connectivity index (χ4v) is 2.06. The van der Waals surface area contributed by atoms with Crippen molar-refractivity contribution < 1.29 is 4.74 Å². The molecule has 1 aromatic rings. The molecule has 1 saturated carbocycles. The zero-order chi connectivity index (χ0) is 13.0. The predicted molar refractivity (Wildman–Crippen MR) is 72.7 cm³/mol. The molecule has 1 fully saturated rings. The van der Waals surface area contributed by atoms with Gasteiger partial charge in [-0.3, -0.25) is 4.90 Å². The Balaban J connectivity index is 1.73. The second-order valence-corrected chi connectivity index (χ2v) is 5.05. The summed E-state index contributed by atoms with van der Waals surface area (Å²) < 4.78 is 5.11. The molecule has 1 atom stereocenters. The molecule has 0 aliphatic heterocycles. The van der Waals surface area contributed by atoms with Gasteiger partial charge in [-0.25, -0.2) is 4.98 Å². The molecule has 0 aromatic carbocycles. The Morgan fingerprint density at radius 2 is 2.28 bits per heavy atom. The van der Waals surface area contributed by atoms with E-state index in [1.54, 1.807) is 7.11 Å². The first-order valence-electron chi connectivity index (χ1n) is 6.63. The Morgan fingerprint density at radius 1 is 1.50 bits per heavy atom. The van der Waals surface area contributed by atoms with Gasteiger partial charge in [0.1, 0.15) is 0 Å². The summed E-state index contributed by atoms with van der Waals surface area (Å²) in [4.78, 5) is 6.85. The molecule has 0 saturated heterocycles. The third kappa shape index (κ3) is 3.68. The van der Waals surface area contributed by atoms with E-state index in [1.165, 1.54) is 12.8 Å². The fourth-order valence-electron chi connectivity index (χ4n) is 2.06. The molecule has 0 radical (unpaired) electrons. The number of pyridine rings is 1. The number of rotatable bonds is 7. The van der Waals surface area contributed by atoms with Crippen molar-refractivity contribution in [1.29, 1.82) is 0 Å². The van der Waals surface area contributed by atoms with Crippen LogP contribution < -0.4 is 10.1 Å². The van der Waals surface area contributed by atoms with Gasteiger partial charge in [-0.2, -0.15) is 0 Å². The van der Waals surface area contributed by atoms with Crippen LogP contribution in [-0.2, 0) is 6.54 Å². The summed E-state index contributed by atoms with van der Waals surface area (Å²) in [5.74, 6) is 0.678. The summed E-state index contributed by atoms with van der Waals surface area (Å²) in [5, 5.41) is 3.46. The Hall–Kier alpha value is -1.13. The van der Waals surface area contributed by atoms with E-state index in [2.05, 4.69) is 29.2 Å². The summed E-state index contributed by atoms with van der Waals surface area (Å²) in [7, 11) is 3.86. The first-order chi connectivity index (χ1) is 8.70. The van der Waals surface area contributed by atoms with Crippen LogP contribution >= 0.6 is 0 Å². The summed E-state index contributed by atoms with van der Waals surface area (Å²) in [5.41, 5.74) is 1.02. The maximum atomic E-state index is 5.11. The molecule has 0 spiro atoms. The lowest BCUT2D eigenvalue weighted by Crippen LogP contribution is -2.39. The van der Waals surface area contributed by atoms with E-state index in [-0.39, 0.29) is 0 Å². The lowest BCUT2D eigenvalue weighted by Gasteiger charge is -2.24. The number of methoxy groups -OCH3 is 1. The number of nitrogens with zero attached hydrogens (tertiary/aromatic N) is 2. The summed E-state index contributed by atoms with van der Waals surface area (Å²) >= 11 is 0. The molecule has 1 unspecified atom stereocenters. The van der Waals surface area contributed by atoms with E-state index in [9.17, 15) is 0 Å². The van der Waals surface area contributed by atoms with Gasteiger partial charge in [0.05, 0.1) is 12.8 Å². The van der Waals surface area contributed by atoms with Gasteiger partial charge in [0.15, 0.2) is 0 Å². The highest BCUT2D eigenvalue weighted by atomic mass is 16.5. The van der Waals surface area contributed by atoms with Crippen molar-refractivity contribution >= 4 is 0 Å². The van der Waals surface area contributed by atoms with E-state index in [4.69, 9.17) is 4.74 Å². The van der Waals surface area contributed by atoms with E-state index in [1.807, 2.05) is 18.2 Å². The highest BCUT2D eigenvalue weighted by molar-refractivity contribution is 5.15. The average Bonchev–Trinajstić information content (AvgIpc) is 3.22. The topological polar surface area (TPSA) is 37.4 Å².